The number of para-hydroxylation sites is 2. The number of nitrogens with one attached hydrogen (secondary N) is 2. The molecule has 2 aromatic heterocycles. The molecule has 0 spiro atoms. The smallest absolute Gasteiger partial charge is 0.262 e. The van der Waals surface area contributed by atoms with Crippen molar-refractivity contribution in [2.45, 2.75) is 50.6 Å². The van der Waals surface area contributed by atoms with E-state index in [2.05, 4.69) is 60.8 Å². The molecule has 4 amide bonds. The summed E-state index contributed by atoms with van der Waals surface area (Å²) in [5.41, 5.74) is 7.33. The summed E-state index contributed by atoms with van der Waals surface area (Å²) in [6, 6.07) is 21.0. The molecule has 252 valence electrons. The van der Waals surface area contributed by atoms with Crippen molar-refractivity contribution in [2.75, 3.05) is 29.9 Å². The Morgan fingerprint density at radius 2 is 1.66 bits per heavy atom. The summed E-state index contributed by atoms with van der Waals surface area (Å²) in [6.45, 7) is 2.58. The molecule has 12 heteroatoms. The number of carbonyl (C=O) groups excluding carboxylic acids is 4. The highest BCUT2D eigenvalue weighted by atomic mass is 16.2. The highest BCUT2D eigenvalue weighted by Crippen LogP contribution is 2.31. The fourth-order valence-electron chi connectivity index (χ4n) is 7.17. The van der Waals surface area contributed by atoms with Gasteiger partial charge in [0.05, 0.1) is 46.3 Å². The molecule has 5 aromatic rings. The molecular weight excluding hydrogens is 632 g/mol. The van der Waals surface area contributed by atoms with Crippen LogP contribution < -0.4 is 15.5 Å². The van der Waals surface area contributed by atoms with Crippen LogP contribution in [0.4, 0.5) is 11.4 Å². The summed E-state index contributed by atoms with van der Waals surface area (Å²) in [6.07, 6.45) is 9.77. The fourth-order valence-corrected chi connectivity index (χ4v) is 7.17. The number of hydrogen-bond acceptors (Lipinski definition) is 9. The first kappa shape index (κ1) is 31.4. The largest absolute Gasteiger partial charge is 0.385 e. The van der Waals surface area contributed by atoms with Crippen LogP contribution in [0.25, 0.3) is 22.3 Å². The zero-order valence-corrected chi connectivity index (χ0v) is 27.4. The number of hydrogen-bond donors (Lipinski definition) is 2. The number of carbonyl (C=O) groups is 4. The molecule has 8 rings (SSSR count). The molecule has 3 aliphatic rings. The Kier molecular flexibility index (Phi) is 8.27. The topological polar surface area (TPSA) is 142 Å². The van der Waals surface area contributed by atoms with E-state index in [4.69, 9.17) is 4.98 Å². The fraction of sp³-hybridized carbons (Fsp3) is 0.289. The number of benzene rings is 3. The van der Waals surface area contributed by atoms with Crippen LogP contribution in [-0.2, 0) is 16.0 Å². The lowest BCUT2D eigenvalue weighted by atomic mass is 10.0. The molecule has 3 aromatic carbocycles. The van der Waals surface area contributed by atoms with E-state index in [1.807, 2.05) is 36.7 Å². The number of aromatic nitrogens is 4. The van der Waals surface area contributed by atoms with Crippen molar-refractivity contribution in [1.29, 1.82) is 0 Å². The Hall–Kier alpha value is -5.91. The summed E-state index contributed by atoms with van der Waals surface area (Å²) in [5.74, 6) is -2.01. The number of piperidine rings is 2. The van der Waals surface area contributed by atoms with Crippen LogP contribution >= 0.6 is 0 Å². The van der Waals surface area contributed by atoms with E-state index in [9.17, 15) is 19.2 Å². The second-order valence-corrected chi connectivity index (χ2v) is 13.1. The number of rotatable bonds is 9. The van der Waals surface area contributed by atoms with E-state index < -0.39 is 29.7 Å². The molecule has 50 heavy (non-hydrogen) atoms. The third-order valence-electron chi connectivity index (χ3n) is 9.87. The molecule has 5 heterocycles. The molecule has 12 nitrogen and oxygen atoms in total. The number of amides is 4. The monoisotopic (exact) mass is 668 g/mol. The number of imide groups is 2. The van der Waals surface area contributed by atoms with Gasteiger partial charge in [0, 0.05) is 49.2 Å². The molecule has 2 fully saturated rings. The minimum Gasteiger partial charge on any atom is -0.385 e. The predicted molar refractivity (Wildman–Crippen MR) is 188 cm³/mol. The third kappa shape index (κ3) is 6.08. The van der Waals surface area contributed by atoms with Gasteiger partial charge in [-0.25, -0.2) is 4.98 Å². The summed E-state index contributed by atoms with van der Waals surface area (Å²) in [4.78, 5) is 62.8. The Bertz CT molecular complexity index is 2140. The van der Waals surface area contributed by atoms with Gasteiger partial charge in [0.1, 0.15) is 6.04 Å². The maximum Gasteiger partial charge on any atom is 0.262 e. The molecule has 0 saturated carbocycles. The molecule has 0 radical (unpaired) electrons. The second kappa shape index (κ2) is 13.2. The highest BCUT2D eigenvalue weighted by Gasteiger charge is 2.44. The lowest BCUT2D eigenvalue weighted by Crippen LogP contribution is -2.54. The maximum atomic E-state index is 13.1. The Morgan fingerprint density at radius 1 is 0.840 bits per heavy atom. The SMILES string of the molecule is O=C1CCC(N2C(=O)c3ccc(NCCCc4cccc(N5CCC(n6cc(-c7cnc8ccccc8n7)cn6)CC5)c4)cc3C2=O)C(=O)N1. The van der Waals surface area contributed by atoms with Crippen LogP contribution in [-0.4, -0.2) is 74.0 Å². The van der Waals surface area contributed by atoms with Gasteiger partial charge in [-0.1, -0.05) is 24.3 Å². The first-order valence-corrected chi connectivity index (χ1v) is 17.1. The zero-order chi connectivity index (χ0) is 34.2. The molecular formula is C38H36N8O4. The number of anilines is 2. The normalized spacial score (nSPS) is 18.1. The Labute approximate surface area is 288 Å². The molecule has 2 N–H and O–H groups in total. The first-order valence-electron chi connectivity index (χ1n) is 17.1. The van der Waals surface area contributed by atoms with E-state index in [1.165, 1.54) is 11.3 Å². The van der Waals surface area contributed by atoms with Crippen molar-refractivity contribution in [3.63, 3.8) is 0 Å². The molecule has 3 aliphatic heterocycles. The molecule has 0 bridgehead atoms. The van der Waals surface area contributed by atoms with Crippen molar-refractivity contribution in [2.24, 2.45) is 0 Å². The van der Waals surface area contributed by atoms with E-state index >= 15 is 0 Å². The average Bonchev–Trinajstić information content (AvgIpc) is 3.73. The van der Waals surface area contributed by atoms with Gasteiger partial charge in [-0.3, -0.25) is 39.1 Å². The van der Waals surface area contributed by atoms with Crippen molar-refractivity contribution in [3.05, 3.63) is 102 Å². The molecule has 0 aliphatic carbocycles. The van der Waals surface area contributed by atoms with Gasteiger partial charge in [0.15, 0.2) is 0 Å². The van der Waals surface area contributed by atoms with Crippen LogP contribution in [0.1, 0.15) is 64.4 Å². The Morgan fingerprint density at radius 3 is 2.50 bits per heavy atom. The molecule has 2 saturated heterocycles. The summed E-state index contributed by atoms with van der Waals surface area (Å²) >= 11 is 0. The van der Waals surface area contributed by atoms with Gasteiger partial charge in [0.2, 0.25) is 11.8 Å². The Balaban J connectivity index is 0.828. The van der Waals surface area contributed by atoms with Crippen molar-refractivity contribution in [3.8, 4) is 11.3 Å². The highest BCUT2D eigenvalue weighted by molar-refractivity contribution is 6.23. The van der Waals surface area contributed by atoms with Crippen molar-refractivity contribution < 1.29 is 19.2 Å². The minimum atomic E-state index is -0.972. The van der Waals surface area contributed by atoms with Gasteiger partial charge in [-0.05, 0) is 80.1 Å². The van der Waals surface area contributed by atoms with E-state index in [-0.39, 0.29) is 24.0 Å². The van der Waals surface area contributed by atoms with Gasteiger partial charge in [0.25, 0.3) is 11.8 Å². The predicted octanol–water partition coefficient (Wildman–Crippen LogP) is 4.78. The lowest BCUT2D eigenvalue weighted by Gasteiger charge is -2.34. The van der Waals surface area contributed by atoms with Crippen molar-refractivity contribution >= 4 is 46.0 Å². The van der Waals surface area contributed by atoms with Crippen LogP contribution in [0.5, 0.6) is 0 Å². The van der Waals surface area contributed by atoms with Crippen LogP contribution in [0.3, 0.4) is 0 Å². The summed E-state index contributed by atoms with van der Waals surface area (Å²) < 4.78 is 2.08. The van der Waals surface area contributed by atoms with Crippen LogP contribution in [0.15, 0.2) is 85.3 Å². The number of aryl methyl sites for hydroxylation is 1. The van der Waals surface area contributed by atoms with Gasteiger partial charge >= 0.3 is 0 Å². The number of fused-ring (bicyclic) bond motifs is 2. The standard InChI is InChI=1S/C38H36N8O4/c47-35-13-12-34(36(48)43-35)46-37(49)29-11-10-26(20-30(29)38(46)50)39-16-4-6-24-5-3-7-28(19-24)44-17-14-27(15-18-44)45-23-25(21-41-45)33-22-40-31-8-1-2-9-32(31)42-33/h1-3,5,7-11,19-23,27,34,39H,4,6,12-18H2,(H,43,47,48). The van der Waals surface area contributed by atoms with E-state index in [0.29, 0.717) is 12.6 Å². The second-order valence-electron chi connectivity index (χ2n) is 13.1. The third-order valence-corrected chi connectivity index (χ3v) is 9.87. The first-order chi connectivity index (χ1) is 24.4. The maximum absolute atomic E-state index is 13.1. The van der Waals surface area contributed by atoms with Gasteiger partial charge < -0.3 is 10.2 Å². The van der Waals surface area contributed by atoms with Gasteiger partial charge in [-0.15, -0.1) is 0 Å². The van der Waals surface area contributed by atoms with E-state index in [1.54, 1.807) is 18.2 Å². The van der Waals surface area contributed by atoms with Crippen molar-refractivity contribution in [1.82, 2.24) is 30.0 Å². The quantitative estimate of drug-likeness (QED) is 0.168. The summed E-state index contributed by atoms with van der Waals surface area (Å²) in [7, 11) is 0. The van der Waals surface area contributed by atoms with Crippen LogP contribution in [0.2, 0.25) is 0 Å². The molecule has 1 unspecified atom stereocenters. The van der Waals surface area contributed by atoms with Crippen LogP contribution in [0, 0.1) is 0 Å². The van der Waals surface area contributed by atoms with Gasteiger partial charge in [-0.2, -0.15) is 5.10 Å². The van der Waals surface area contributed by atoms with E-state index in [0.717, 1.165) is 71.7 Å². The average molecular weight is 669 g/mol. The lowest BCUT2D eigenvalue weighted by molar-refractivity contribution is -0.136. The zero-order valence-electron chi connectivity index (χ0n) is 27.4. The summed E-state index contributed by atoms with van der Waals surface area (Å²) in [5, 5.41) is 10.3. The molecule has 1 atom stereocenters. The number of nitrogens with zero attached hydrogens (tertiary/aromatic N) is 6. The minimum absolute atomic E-state index is 0.0925.